The average molecular weight is 238 g/mol. The lowest BCUT2D eigenvalue weighted by Crippen LogP contribution is -2.24. The quantitative estimate of drug-likeness (QED) is 0.805. The number of nitrogens with zero attached hydrogens (tertiary/aromatic N) is 1. The van der Waals surface area contributed by atoms with Gasteiger partial charge in [-0.15, -0.1) is 0 Å². The van der Waals surface area contributed by atoms with Gasteiger partial charge in [0.05, 0.1) is 0 Å². The fraction of sp³-hybridized carbons (Fsp3) is 0.667. The van der Waals surface area contributed by atoms with Crippen molar-refractivity contribution in [2.45, 2.75) is 45.6 Å². The lowest BCUT2D eigenvalue weighted by atomic mass is 10.0. The number of nitrogens with one attached hydrogen (secondary N) is 1. The summed E-state index contributed by atoms with van der Waals surface area (Å²) >= 11 is 5.32. The van der Waals surface area contributed by atoms with Gasteiger partial charge in [-0.3, -0.25) is 0 Å². The zero-order valence-corrected chi connectivity index (χ0v) is 10.9. The third-order valence-electron chi connectivity index (χ3n) is 3.30. The Kier molecular flexibility index (Phi) is 3.13. The first-order chi connectivity index (χ1) is 7.57. The van der Waals surface area contributed by atoms with Crippen molar-refractivity contribution in [2.24, 2.45) is 0 Å². The molecule has 1 aromatic heterocycles. The number of ether oxygens (including phenoxy) is 1. The van der Waals surface area contributed by atoms with E-state index in [1.165, 1.54) is 0 Å². The predicted molar refractivity (Wildman–Crippen MR) is 66.1 cm³/mol. The summed E-state index contributed by atoms with van der Waals surface area (Å²) in [6.45, 7) is 7.05. The number of aromatic nitrogens is 2. The van der Waals surface area contributed by atoms with Gasteiger partial charge in [-0.2, -0.15) is 0 Å². The fourth-order valence-electron chi connectivity index (χ4n) is 2.24. The Bertz CT molecular complexity index is 447. The van der Waals surface area contributed by atoms with Gasteiger partial charge in [-0.05, 0) is 33.1 Å². The van der Waals surface area contributed by atoms with E-state index in [0.29, 0.717) is 4.64 Å². The molecule has 1 atom stereocenters. The minimum absolute atomic E-state index is 0.273. The minimum atomic E-state index is -0.273. The second-order valence-electron chi connectivity index (χ2n) is 4.53. The molecule has 1 unspecified atom stereocenters. The summed E-state index contributed by atoms with van der Waals surface area (Å²) in [7, 11) is 0. The fourth-order valence-corrected chi connectivity index (χ4v) is 2.63. The maximum Gasteiger partial charge on any atom is 0.140 e. The van der Waals surface area contributed by atoms with Gasteiger partial charge in [-0.25, -0.2) is 4.98 Å². The van der Waals surface area contributed by atoms with Crippen molar-refractivity contribution >= 4 is 12.2 Å². The summed E-state index contributed by atoms with van der Waals surface area (Å²) in [5.74, 6) is 0.879. The number of H-pyrrole nitrogens is 1. The van der Waals surface area contributed by atoms with Crippen LogP contribution < -0.4 is 0 Å². The van der Waals surface area contributed by atoms with Gasteiger partial charge < -0.3 is 9.72 Å². The van der Waals surface area contributed by atoms with Crippen LogP contribution in [-0.2, 0) is 16.8 Å². The average Bonchev–Trinajstić information content (AvgIpc) is 2.66. The normalized spacial score (nSPS) is 24.9. The van der Waals surface area contributed by atoms with Crippen LogP contribution in [0.5, 0.6) is 0 Å². The summed E-state index contributed by atoms with van der Waals surface area (Å²) in [6, 6.07) is 0. The second kappa shape index (κ2) is 4.26. The van der Waals surface area contributed by atoms with Gasteiger partial charge in [0, 0.05) is 17.9 Å². The Hall–Kier alpha value is -0.740. The van der Waals surface area contributed by atoms with Crippen LogP contribution in [-0.4, -0.2) is 16.6 Å². The number of aryl methyl sites for hydroxylation is 1. The first-order valence-electron chi connectivity index (χ1n) is 5.81. The standard InChI is InChI=1S/C12H18N2OS/c1-4-9-8(2)13-11(14-10(9)16)12(3)6-5-7-15-12/h4-7H2,1-3H3,(H,13,14,16). The minimum Gasteiger partial charge on any atom is -0.367 e. The van der Waals surface area contributed by atoms with Gasteiger partial charge >= 0.3 is 0 Å². The van der Waals surface area contributed by atoms with E-state index in [9.17, 15) is 0 Å². The summed E-state index contributed by atoms with van der Waals surface area (Å²) in [6.07, 6.45) is 3.02. The number of aromatic amines is 1. The third-order valence-corrected chi connectivity index (χ3v) is 3.64. The van der Waals surface area contributed by atoms with Crippen molar-refractivity contribution < 1.29 is 4.74 Å². The Morgan fingerprint density at radius 1 is 1.56 bits per heavy atom. The van der Waals surface area contributed by atoms with Crippen molar-refractivity contribution in [2.75, 3.05) is 6.61 Å². The van der Waals surface area contributed by atoms with Crippen molar-refractivity contribution in [3.63, 3.8) is 0 Å². The van der Waals surface area contributed by atoms with Gasteiger partial charge in [0.2, 0.25) is 0 Å². The molecule has 2 rings (SSSR count). The van der Waals surface area contributed by atoms with Crippen LogP contribution in [0.1, 0.15) is 43.8 Å². The van der Waals surface area contributed by atoms with Gasteiger partial charge in [0.25, 0.3) is 0 Å². The Labute approximate surface area is 101 Å². The van der Waals surface area contributed by atoms with Crippen LogP contribution in [0.15, 0.2) is 0 Å². The van der Waals surface area contributed by atoms with E-state index in [-0.39, 0.29) is 5.60 Å². The van der Waals surface area contributed by atoms with E-state index in [1.54, 1.807) is 0 Å². The highest BCUT2D eigenvalue weighted by Gasteiger charge is 2.34. The van der Waals surface area contributed by atoms with Crippen LogP contribution in [0.4, 0.5) is 0 Å². The highest BCUT2D eigenvalue weighted by Crippen LogP contribution is 2.33. The molecular formula is C12H18N2OS. The molecule has 16 heavy (non-hydrogen) atoms. The van der Waals surface area contributed by atoms with Crippen molar-refractivity contribution in [1.29, 1.82) is 0 Å². The zero-order valence-electron chi connectivity index (χ0n) is 10.1. The van der Waals surface area contributed by atoms with Crippen molar-refractivity contribution in [1.82, 2.24) is 9.97 Å². The molecule has 88 valence electrons. The molecule has 1 aromatic rings. The smallest absolute Gasteiger partial charge is 0.140 e. The first kappa shape index (κ1) is 11.7. The lowest BCUT2D eigenvalue weighted by Gasteiger charge is -2.23. The molecule has 0 saturated carbocycles. The van der Waals surface area contributed by atoms with Crippen LogP contribution in [0.25, 0.3) is 0 Å². The van der Waals surface area contributed by atoms with E-state index in [4.69, 9.17) is 17.0 Å². The molecular weight excluding hydrogens is 220 g/mol. The maximum absolute atomic E-state index is 5.77. The van der Waals surface area contributed by atoms with E-state index in [2.05, 4.69) is 30.7 Å². The van der Waals surface area contributed by atoms with E-state index < -0.39 is 0 Å². The summed E-state index contributed by atoms with van der Waals surface area (Å²) in [5.41, 5.74) is 1.99. The predicted octanol–water partition coefficient (Wildman–Crippen LogP) is 3.04. The molecule has 0 aromatic carbocycles. The highest BCUT2D eigenvalue weighted by atomic mass is 32.1. The second-order valence-corrected chi connectivity index (χ2v) is 4.92. The van der Waals surface area contributed by atoms with Gasteiger partial charge in [0.15, 0.2) is 0 Å². The molecule has 1 aliphatic rings. The van der Waals surface area contributed by atoms with E-state index >= 15 is 0 Å². The largest absolute Gasteiger partial charge is 0.367 e. The number of rotatable bonds is 2. The van der Waals surface area contributed by atoms with Gasteiger partial charge in [-0.1, -0.05) is 19.1 Å². The van der Waals surface area contributed by atoms with E-state index in [1.807, 2.05) is 0 Å². The van der Waals surface area contributed by atoms with E-state index in [0.717, 1.165) is 43.0 Å². The zero-order chi connectivity index (χ0) is 11.8. The SMILES string of the molecule is CCc1c(C)[nH]c(C2(C)CCCO2)nc1=S. The van der Waals surface area contributed by atoms with Crippen LogP contribution in [0.3, 0.4) is 0 Å². The first-order valence-corrected chi connectivity index (χ1v) is 6.22. The topological polar surface area (TPSA) is 37.9 Å². The molecule has 1 saturated heterocycles. The van der Waals surface area contributed by atoms with Crippen LogP contribution in [0.2, 0.25) is 0 Å². The van der Waals surface area contributed by atoms with Crippen LogP contribution in [0, 0.1) is 11.6 Å². The monoisotopic (exact) mass is 238 g/mol. The van der Waals surface area contributed by atoms with Crippen LogP contribution >= 0.6 is 12.2 Å². The molecule has 0 aliphatic carbocycles. The molecule has 2 heterocycles. The van der Waals surface area contributed by atoms with Crippen molar-refractivity contribution in [3.05, 3.63) is 21.7 Å². The Balaban J connectivity index is 2.48. The molecule has 4 heteroatoms. The third kappa shape index (κ3) is 1.92. The summed E-state index contributed by atoms with van der Waals surface area (Å²) in [4.78, 5) is 7.84. The maximum atomic E-state index is 5.77. The molecule has 1 N–H and O–H groups in total. The Morgan fingerprint density at radius 3 is 2.81 bits per heavy atom. The molecule has 1 fully saturated rings. The molecule has 0 radical (unpaired) electrons. The number of hydrogen-bond acceptors (Lipinski definition) is 3. The highest BCUT2D eigenvalue weighted by molar-refractivity contribution is 7.71. The molecule has 0 bridgehead atoms. The summed E-state index contributed by atoms with van der Waals surface area (Å²) < 4.78 is 6.48. The molecule has 0 spiro atoms. The molecule has 3 nitrogen and oxygen atoms in total. The Morgan fingerprint density at radius 2 is 2.31 bits per heavy atom. The van der Waals surface area contributed by atoms with Gasteiger partial charge in [0.1, 0.15) is 16.1 Å². The lowest BCUT2D eigenvalue weighted by molar-refractivity contribution is 0.00907. The number of hydrogen-bond donors (Lipinski definition) is 1. The van der Waals surface area contributed by atoms with Crippen molar-refractivity contribution in [3.8, 4) is 0 Å². The molecule has 1 aliphatic heterocycles. The molecule has 0 amide bonds. The summed E-state index contributed by atoms with van der Waals surface area (Å²) in [5, 5.41) is 0.